The predicted molar refractivity (Wildman–Crippen MR) is 83.5 cm³/mol. The third kappa shape index (κ3) is 3.10. The van der Waals surface area contributed by atoms with Crippen molar-refractivity contribution in [2.75, 3.05) is 32.1 Å². The molecule has 0 saturated carbocycles. The van der Waals surface area contributed by atoms with Crippen LogP contribution in [-0.4, -0.2) is 41.8 Å². The van der Waals surface area contributed by atoms with Crippen molar-refractivity contribution < 1.29 is 0 Å². The summed E-state index contributed by atoms with van der Waals surface area (Å²) in [5.41, 5.74) is 2.22. The maximum absolute atomic E-state index is 4.66. The maximum atomic E-state index is 4.66. The summed E-state index contributed by atoms with van der Waals surface area (Å²) in [6.07, 6.45) is 4.82. The van der Waals surface area contributed by atoms with Gasteiger partial charge in [-0.05, 0) is 26.1 Å². The molecule has 0 aliphatic heterocycles. The summed E-state index contributed by atoms with van der Waals surface area (Å²) in [7, 11) is 4.06. The van der Waals surface area contributed by atoms with Gasteiger partial charge >= 0.3 is 0 Å². The van der Waals surface area contributed by atoms with Crippen molar-refractivity contribution in [3.8, 4) is 0 Å². The van der Waals surface area contributed by atoms with Crippen LogP contribution in [0.25, 0.3) is 5.52 Å². The molecule has 110 valence electrons. The van der Waals surface area contributed by atoms with Gasteiger partial charge in [-0.15, -0.1) is 0 Å². The number of anilines is 1. The van der Waals surface area contributed by atoms with Crippen LogP contribution in [-0.2, 0) is 5.41 Å². The van der Waals surface area contributed by atoms with Crippen molar-refractivity contribution in [3.63, 3.8) is 0 Å². The average Bonchev–Trinajstić information content (AvgIpc) is 2.82. The molecule has 0 aliphatic rings. The first-order valence-electron chi connectivity index (χ1n) is 7.14. The van der Waals surface area contributed by atoms with E-state index in [2.05, 4.69) is 54.2 Å². The molecule has 0 unspecified atom stereocenters. The number of hydrogen-bond donors (Lipinski definition) is 1. The van der Waals surface area contributed by atoms with E-state index in [4.69, 9.17) is 0 Å². The molecule has 0 saturated heterocycles. The standard InChI is InChI=1S/C15H25N5/c1-15(2,3)13-11-12-14(17-8-10-20(12)18-13)19(5)9-6-7-16-4/h8,10-11,16H,6-7,9H2,1-5H3. The summed E-state index contributed by atoms with van der Waals surface area (Å²) in [5.74, 6) is 0.992. The van der Waals surface area contributed by atoms with E-state index in [1.54, 1.807) is 0 Å². The first-order valence-corrected chi connectivity index (χ1v) is 7.14. The maximum Gasteiger partial charge on any atom is 0.154 e. The summed E-state index contributed by atoms with van der Waals surface area (Å²) in [4.78, 5) is 6.72. The molecule has 0 bridgehead atoms. The van der Waals surface area contributed by atoms with Gasteiger partial charge in [0.1, 0.15) is 5.52 Å². The van der Waals surface area contributed by atoms with Crippen molar-refractivity contribution in [1.29, 1.82) is 0 Å². The molecule has 2 aromatic rings. The molecule has 0 spiro atoms. The molecule has 2 heterocycles. The van der Waals surface area contributed by atoms with Gasteiger partial charge in [0.25, 0.3) is 0 Å². The minimum Gasteiger partial charge on any atom is -0.358 e. The Morgan fingerprint density at radius 1 is 1.35 bits per heavy atom. The molecule has 0 amide bonds. The van der Waals surface area contributed by atoms with Crippen molar-refractivity contribution in [3.05, 3.63) is 24.2 Å². The Labute approximate surface area is 121 Å². The first kappa shape index (κ1) is 14.8. The summed E-state index contributed by atoms with van der Waals surface area (Å²) in [6.45, 7) is 8.53. The van der Waals surface area contributed by atoms with Gasteiger partial charge in [-0.25, -0.2) is 9.50 Å². The molecule has 0 aromatic carbocycles. The van der Waals surface area contributed by atoms with E-state index in [9.17, 15) is 0 Å². The topological polar surface area (TPSA) is 45.5 Å². The van der Waals surface area contributed by atoms with Gasteiger partial charge in [-0.3, -0.25) is 0 Å². The number of nitrogens with zero attached hydrogens (tertiary/aromatic N) is 4. The molecule has 0 aliphatic carbocycles. The van der Waals surface area contributed by atoms with E-state index < -0.39 is 0 Å². The number of hydrogen-bond acceptors (Lipinski definition) is 4. The molecular formula is C15H25N5. The fourth-order valence-electron chi connectivity index (χ4n) is 2.17. The Balaban J connectivity index is 2.31. The molecule has 2 rings (SSSR count). The molecule has 0 radical (unpaired) electrons. The number of rotatable bonds is 5. The van der Waals surface area contributed by atoms with Gasteiger partial charge in [0.2, 0.25) is 0 Å². The van der Waals surface area contributed by atoms with E-state index >= 15 is 0 Å². The van der Waals surface area contributed by atoms with E-state index in [0.29, 0.717) is 0 Å². The largest absolute Gasteiger partial charge is 0.358 e. The van der Waals surface area contributed by atoms with Crippen LogP contribution in [0.15, 0.2) is 18.5 Å². The lowest BCUT2D eigenvalue weighted by molar-refractivity contribution is 0.562. The van der Waals surface area contributed by atoms with Crippen LogP contribution in [0.5, 0.6) is 0 Å². The van der Waals surface area contributed by atoms with E-state index in [1.165, 1.54) is 0 Å². The highest BCUT2D eigenvalue weighted by Gasteiger charge is 2.19. The van der Waals surface area contributed by atoms with E-state index in [1.807, 2.05) is 24.0 Å². The summed E-state index contributed by atoms with van der Waals surface area (Å²) >= 11 is 0. The van der Waals surface area contributed by atoms with Crippen LogP contribution in [0.1, 0.15) is 32.9 Å². The SMILES string of the molecule is CNCCCN(C)c1nccn2nc(C(C)(C)C)cc12. The molecule has 1 N–H and O–H groups in total. The monoisotopic (exact) mass is 275 g/mol. The molecule has 20 heavy (non-hydrogen) atoms. The molecule has 5 heteroatoms. The second-order valence-corrected chi connectivity index (χ2v) is 6.24. The molecule has 0 atom stereocenters. The van der Waals surface area contributed by atoms with E-state index in [-0.39, 0.29) is 5.41 Å². The van der Waals surface area contributed by atoms with Crippen LogP contribution >= 0.6 is 0 Å². The second kappa shape index (κ2) is 5.79. The zero-order valence-corrected chi connectivity index (χ0v) is 13.1. The fourth-order valence-corrected chi connectivity index (χ4v) is 2.17. The molecule has 2 aromatic heterocycles. The highest BCUT2D eigenvalue weighted by molar-refractivity contribution is 5.69. The van der Waals surface area contributed by atoms with Gasteiger partial charge < -0.3 is 10.2 Å². The molecular weight excluding hydrogens is 250 g/mol. The fraction of sp³-hybridized carbons (Fsp3) is 0.600. The Bertz CT molecular complexity index is 567. The second-order valence-electron chi connectivity index (χ2n) is 6.24. The normalized spacial score (nSPS) is 12.1. The van der Waals surface area contributed by atoms with E-state index in [0.717, 1.165) is 36.5 Å². The van der Waals surface area contributed by atoms with Crippen molar-refractivity contribution in [2.45, 2.75) is 32.6 Å². The minimum absolute atomic E-state index is 0.0496. The number of nitrogens with one attached hydrogen (secondary N) is 1. The van der Waals surface area contributed by atoms with Gasteiger partial charge in [-0.1, -0.05) is 20.8 Å². The van der Waals surface area contributed by atoms with Gasteiger partial charge in [-0.2, -0.15) is 5.10 Å². The third-order valence-corrected chi connectivity index (χ3v) is 3.42. The van der Waals surface area contributed by atoms with Crippen molar-refractivity contribution in [2.24, 2.45) is 0 Å². The van der Waals surface area contributed by atoms with Gasteiger partial charge in [0.15, 0.2) is 5.82 Å². The molecule has 0 fully saturated rings. The van der Waals surface area contributed by atoms with Crippen LogP contribution in [0.3, 0.4) is 0 Å². The highest BCUT2D eigenvalue weighted by atomic mass is 15.3. The minimum atomic E-state index is 0.0496. The Morgan fingerprint density at radius 2 is 2.10 bits per heavy atom. The Hall–Kier alpha value is -1.62. The van der Waals surface area contributed by atoms with Crippen LogP contribution in [0.4, 0.5) is 5.82 Å². The van der Waals surface area contributed by atoms with Crippen molar-refractivity contribution >= 4 is 11.3 Å². The number of aromatic nitrogens is 3. The Morgan fingerprint density at radius 3 is 2.75 bits per heavy atom. The zero-order chi connectivity index (χ0) is 14.8. The lowest BCUT2D eigenvalue weighted by Gasteiger charge is -2.18. The smallest absolute Gasteiger partial charge is 0.154 e. The van der Waals surface area contributed by atoms with Crippen LogP contribution < -0.4 is 10.2 Å². The average molecular weight is 275 g/mol. The van der Waals surface area contributed by atoms with Gasteiger partial charge in [0, 0.05) is 31.4 Å². The predicted octanol–water partition coefficient (Wildman–Crippen LogP) is 2.07. The quantitative estimate of drug-likeness (QED) is 0.849. The van der Waals surface area contributed by atoms with Crippen LogP contribution in [0, 0.1) is 0 Å². The van der Waals surface area contributed by atoms with Crippen molar-refractivity contribution in [1.82, 2.24) is 19.9 Å². The van der Waals surface area contributed by atoms with Gasteiger partial charge in [0.05, 0.1) is 5.69 Å². The lowest BCUT2D eigenvalue weighted by atomic mass is 9.92. The summed E-state index contributed by atoms with van der Waals surface area (Å²) in [6, 6.07) is 2.15. The first-order chi connectivity index (χ1) is 9.43. The lowest BCUT2D eigenvalue weighted by Crippen LogP contribution is -2.23. The molecule has 5 nitrogen and oxygen atoms in total. The summed E-state index contributed by atoms with van der Waals surface area (Å²) < 4.78 is 1.93. The zero-order valence-electron chi connectivity index (χ0n) is 13.1. The highest BCUT2D eigenvalue weighted by Crippen LogP contribution is 2.25. The Kier molecular flexibility index (Phi) is 4.28. The van der Waals surface area contributed by atoms with Crippen LogP contribution in [0.2, 0.25) is 0 Å². The third-order valence-electron chi connectivity index (χ3n) is 3.42. The summed E-state index contributed by atoms with van der Waals surface area (Å²) in [5, 5.41) is 7.83. The number of fused-ring (bicyclic) bond motifs is 1.